The van der Waals surface area contributed by atoms with Gasteiger partial charge in [0.05, 0.1) is 5.56 Å². The fraction of sp³-hybridized carbons (Fsp3) is 0.0769. The second kappa shape index (κ2) is 14.7. The number of phenols is 1. The minimum Gasteiger partial charge on any atom is -0.508 e. The third-order valence-corrected chi connectivity index (χ3v) is 8.09. The zero-order valence-electron chi connectivity index (χ0n) is 27.8. The lowest BCUT2D eigenvalue weighted by atomic mass is 9.91. The Morgan fingerprint density at radius 1 is 0.827 bits per heavy atom. The Labute approximate surface area is 296 Å². The smallest absolute Gasteiger partial charge is 0.336 e. The van der Waals surface area contributed by atoms with E-state index in [2.05, 4.69) is 44.4 Å². The molecule has 260 valence electrons. The zero-order valence-corrected chi connectivity index (χ0v) is 27.8. The largest absolute Gasteiger partial charge is 0.508 e. The quantitative estimate of drug-likeness (QED) is 0.105. The number of anilines is 4. The Morgan fingerprint density at radius 3 is 2.31 bits per heavy atom. The SMILES string of the molecule is C=c1oc2cc(=O)ccc-2c(-c2ccc(C(=O)NCCNC(=O)c3cccc(Nc4nccc(Nc5cc(O)ccc5C)n4)c3)cc2C(=O)O)c1=C. The normalized spacial score (nSPS) is 10.8. The number of carbonyl (C=O) groups is 3. The number of hydrogen-bond acceptors (Lipinski definition) is 10. The molecule has 2 amide bonds. The van der Waals surface area contributed by atoms with Crippen molar-refractivity contribution in [3.8, 4) is 28.2 Å². The maximum atomic E-state index is 13.0. The summed E-state index contributed by atoms with van der Waals surface area (Å²) < 4.78 is 5.62. The highest BCUT2D eigenvalue weighted by Crippen LogP contribution is 2.32. The van der Waals surface area contributed by atoms with Crippen molar-refractivity contribution < 1.29 is 29.0 Å². The number of hydrogen-bond donors (Lipinski definition) is 6. The molecule has 1 aliphatic heterocycles. The van der Waals surface area contributed by atoms with Gasteiger partial charge in [0, 0.05) is 70.3 Å². The summed E-state index contributed by atoms with van der Waals surface area (Å²) in [7, 11) is 0. The van der Waals surface area contributed by atoms with Crippen LogP contribution >= 0.6 is 0 Å². The van der Waals surface area contributed by atoms with E-state index in [-0.39, 0.29) is 64.0 Å². The average Bonchev–Trinajstić information content (AvgIpc) is 3.12. The van der Waals surface area contributed by atoms with Crippen molar-refractivity contribution in [3.05, 3.63) is 134 Å². The molecule has 2 heterocycles. The van der Waals surface area contributed by atoms with Crippen LogP contribution in [0.5, 0.6) is 5.75 Å². The van der Waals surface area contributed by atoms with Crippen molar-refractivity contribution in [1.82, 2.24) is 20.6 Å². The predicted molar refractivity (Wildman–Crippen MR) is 197 cm³/mol. The summed E-state index contributed by atoms with van der Waals surface area (Å²) in [6.07, 6.45) is 1.57. The number of carboxylic acid groups (broad SMARTS) is 1. The molecule has 0 radical (unpaired) electrons. The van der Waals surface area contributed by atoms with E-state index >= 15 is 0 Å². The number of benzene rings is 4. The fourth-order valence-electron chi connectivity index (χ4n) is 5.47. The molecule has 0 fully saturated rings. The van der Waals surface area contributed by atoms with Crippen LogP contribution in [0.15, 0.2) is 100 Å². The lowest BCUT2D eigenvalue weighted by molar-refractivity contribution is 0.0697. The van der Waals surface area contributed by atoms with Crippen LogP contribution in [0.3, 0.4) is 0 Å². The maximum absolute atomic E-state index is 13.0. The Bertz CT molecular complexity index is 2500. The first-order valence-corrected chi connectivity index (χ1v) is 15.9. The molecule has 6 N–H and O–H groups in total. The topological polar surface area (TPSA) is 196 Å². The van der Waals surface area contributed by atoms with Crippen LogP contribution in [0, 0.1) is 6.92 Å². The number of aromatic carboxylic acids is 1. The van der Waals surface area contributed by atoms with E-state index in [9.17, 15) is 29.4 Å². The van der Waals surface area contributed by atoms with E-state index < -0.39 is 11.9 Å². The zero-order chi connectivity index (χ0) is 36.9. The standard InChI is InChI=1S/C39H32N6O7/c1-21-7-9-27(46)19-32(21)44-34-13-14-42-39(45-34)43-26-6-4-5-24(17-26)36(48)40-15-16-41-37(49)25-8-11-29(31(18-25)38(50)51)35-22(2)23(3)52-33-20-28(47)10-12-30(33)35/h4-14,17-20,46H,2-3,15-16H2,1H3,(H,40,48)(H,41,49)(H,50,51)(H2,42,43,44,45). The number of amides is 2. The second-order valence-electron chi connectivity index (χ2n) is 11.7. The number of carbonyl (C=O) groups excluding carboxylic acids is 2. The van der Waals surface area contributed by atoms with Gasteiger partial charge in [-0.2, -0.15) is 4.98 Å². The molecule has 1 aliphatic carbocycles. The van der Waals surface area contributed by atoms with E-state index in [0.29, 0.717) is 39.1 Å². The molecule has 0 bridgehead atoms. The Kier molecular flexibility index (Phi) is 9.76. The molecule has 0 atom stereocenters. The molecule has 13 nitrogen and oxygen atoms in total. The third kappa shape index (κ3) is 7.63. The summed E-state index contributed by atoms with van der Waals surface area (Å²) in [6.45, 7) is 9.89. The van der Waals surface area contributed by atoms with Gasteiger partial charge in [0.1, 0.15) is 22.7 Å². The van der Waals surface area contributed by atoms with Crippen LogP contribution in [0.4, 0.5) is 23.1 Å². The molecule has 13 heteroatoms. The summed E-state index contributed by atoms with van der Waals surface area (Å²) in [5, 5.41) is 31.9. The molecule has 0 saturated heterocycles. The Balaban J connectivity index is 1.07. The Morgan fingerprint density at radius 2 is 1.56 bits per heavy atom. The van der Waals surface area contributed by atoms with Crippen molar-refractivity contribution >= 4 is 54.1 Å². The third-order valence-electron chi connectivity index (χ3n) is 8.09. The molecule has 2 aliphatic rings. The molecule has 6 rings (SSSR count). The van der Waals surface area contributed by atoms with Crippen LogP contribution in [0.25, 0.3) is 35.6 Å². The van der Waals surface area contributed by atoms with E-state index in [1.54, 1.807) is 54.7 Å². The fourth-order valence-corrected chi connectivity index (χ4v) is 5.47. The summed E-state index contributed by atoms with van der Waals surface area (Å²) in [5.41, 5.74) is 3.54. The van der Waals surface area contributed by atoms with E-state index in [4.69, 9.17) is 4.42 Å². The molecule has 1 aromatic heterocycles. The average molecular weight is 697 g/mol. The summed E-state index contributed by atoms with van der Waals surface area (Å²) in [5.74, 6) is -1.06. The highest BCUT2D eigenvalue weighted by molar-refractivity contribution is 6.03. The van der Waals surface area contributed by atoms with Gasteiger partial charge in [-0.25, -0.2) is 9.78 Å². The molecule has 52 heavy (non-hydrogen) atoms. The number of rotatable bonds is 11. The van der Waals surface area contributed by atoms with Gasteiger partial charge in [0.25, 0.3) is 11.8 Å². The first kappa shape index (κ1) is 34.6. The van der Waals surface area contributed by atoms with Crippen molar-refractivity contribution in [2.45, 2.75) is 6.92 Å². The predicted octanol–water partition coefficient (Wildman–Crippen LogP) is 4.38. The second-order valence-corrected chi connectivity index (χ2v) is 11.7. The summed E-state index contributed by atoms with van der Waals surface area (Å²) >= 11 is 0. The van der Waals surface area contributed by atoms with Crippen LogP contribution in [-0.4, -0.2) is 51.1 Å². The minimum atomic E-state index is -1.27. The van der Waals surface area contributed by atoms with Gasteiger partial charge in [0.2, 0.25) is 5.95 Å². The van der Waals surface area contributed by atoms with E-state index in [1.165, 1.54) is 36.4 Å². The first-order valence-electron chi connectivity index (χ1n) is 15.9. The first-order chi connectivity index (χ1) is 25.0. The van der Waals surface area contributed by atoms with E-state index in [1.807, 2.05) is 6.92 Å². The number of aryl methyl sites for hydroxylation is 1. The van der Waals surface area contributed by atoms with Gasteiger partial charge < -0.3 is 35.9 Å². The van der Waals surface area contributed by atoms with Crippen LogP contribution in [-0.2, 0) is 0 Å². The summed E-state index contributed by atoms with van der Waals surface area (Å²) in [6, 6.07) is 21.8. The lowest BCUT2D eigenvalue weighted by Crippen LogP contribution is -2.34. The van der Waals surface area contributed by atoms with E-state index in [0.717, 1.165) is 5.56 Å². The van der Waals surface area contributed by atoms with Gasteiger partial charge >= 0.3 is 5.97 Å². The van der Waals surface area contributed by atoms with Gasteiger partial charge in [0.15, 0.2) is 5.43 Å². The number of fused-ring (bicyclic) bond motifs is 1. The van der Waals surface area contributed by atoms with Gasteiger partial charge in [-0.1, -0.05) is 31.4 Å². The van der Waals surface area contributed by atoms with Crippen molar-refractivity contribution in [2.75, 3.05) is 23.7 Å². The molecule has 0 unspecified atom stereocenters. The monoisotopic (exact) mass is 696 g/mol. The van der Waals surface area contributed by atoms with Gasteiger partial charge in [-0.3, -0.25) is 14.4 Å². The van der Waals surface area contributed by atoms with Crippen LogP contribution < -0.4 is 37.3 Å². The summed E-state index contributed by atoms with van der Waals surface area (Å²) in [4.78, 5) is 58.9. The van der Waals surface area contributed by atoms with Crippen LogP contribution in [0.1, 0.15) is 36.6 Å². The maximum Gasteiger partial charge on any atom is 0.336 e. The molecule has 0 saturated carbocycles. The number of nitrogens with one attached hydrogen (secondary N) is 4. The van der Waals surface area contributed by atoms with Crippen molar-refractivity contribution in [2.24, 2.45) is 0 Å². The Hall–Kier alpha value is -7.28. The highest BCUT2D eigenvalue weighted by atomic mass is 16.4. The van der Waals surface area contributed by atoms with Crippen LogP contribution in [0.2, 0.25) is 0 Å². The lowest BCUT2D eigenvalue weighted by Gasteiger charge is -2.15. The number of carboxylic acids is 1. The molecular formula is C39H32N6O7. The van der Waals surface area contributed by atoms with Crippen molar-refractivity contribution in [1.29, 1.82) is 0 Å². The number of phenolic OH excluding ortho intramolecular Hbond substituents is 1. The molecule has 0 spiro atoms. The molecule has 4 aromatic rings. The number of aromatic nitrogens is 2. The van der Waals surface area contributed by atoms with Gasteiger partial charge in [-0.05, 0) is 72.6 Å². The number of nitrogens with zero attached hydrogens (tertiary/aromatic N) is 2. The molecular weight excluding hydrogens is 664 g/mol. The molecule has 3 aromatic carbocycles. The highest BCUT2D eigenvalue weighted by Gasteiger charge is 2.21. The van der Waals surface area contributed by atoms with Gasteiger partial charge in [-0.15, -0.1) is 0 Å². The number of aromatic hydroxyl groups is 1. The van der Waals surface area contributed by atoms with Crippen molar-refractivity contribution in [3.63, 3.8) is 0 Å². The minimum absolute atomic E-state index is 0.0647.